The Morgan fingerprint density at radius 1 is 1.20 bits per heavy atom. The van der Waals surface area contributed by atoms with Crippen molar-refractivity contribution in [1.29, 1.82) is 0 Å². The van der Waals surface area contributed by atoms with Crippen LogP contribution in [-0.4, -0.2) is 5.78 Å². The van der Waals surface area contributed by atoms with Crippen molar-refractivity contribution in [2.24, 2.45) is 0 Å². The Bertz CT molecular complexity index is 596. The summed E-state index contributed by atoms with van der Waals surface area (Å²) in [4.78, 5) is 14.1. The maximum Gasteiger partial charge on any atom is 0.148 e. The van der Waals surface area contributed by atoms with Crippen LogP contribution in [0.2, 0.25) is 0 Å². The number of hydrogen-bond donors (Lipinski definition) is 0. The van der Waals surface area contributed by atoms with Crippen LogP contribution in [0.4, 0.5) is 0 Å². The van der Waals surface area contributed by atoms with Crippen molar-refractivity contribution in [3.8, 4) is 0 Å². The fraction of sp³-hybridized carbons (Fsp3) is 0.353. The zero-order valence-electron chi connectivity index (χ0n) is 11.3. The van der Waals surface area contributed by atoms with E-state index in [1.165, 1.54) is 5.56 Å². The molecule has 0 unspecified atom stereocenters. The molecule has 0 bridgehead atoms. The monoisotopic (exact) mass is 348 g/mol. The number of carbonyl (C=O) groups excluding carboxylic acids is 1. The minimum absolute atomic E-state index is 0.238. The maximum atomic E-state index is 12.9. The minimum atomic E-state index is -0.238. The molecule has 1 aliphatic carbocycles. The highest BCUT2D eigenvalue weighted by molar-refractivity contribution is 9.10. The molecule has 3 heteroatoms. The first-order chi connectivity index (χ1) is 9.71. The Morgan fingerprint density at radius 2 is 1.90 bits per heavy atom. The lowest BCUT2D eigenvalue weighted by atomic mass is 9.74. The van der Waals surface area contributed by atoms with Gasteiger partial charge < -0.3 is 0 Å². The lowest BCUT2D eigenvalue weighted by molar-refractivity contribution is -0.123. The molecule has 0 aliphatic heterocycles. The first-order valence-corrected chi connectivity index (χ1v) is 8.70. The molecule has 1 aliphatic rings. The van der Waals surface area contributed by atoms with Gasteiger partial charge in [0.2, 0.25) is 0 Å². The van der Waals surface area contributed by atoms with Crippen molar-refractivity contribution in [3.05, 3.63) is 56.7 Å². The molecule has 2 aromatic rings. The van der Waals surface area contributed by atoms with Crippen molar-refractivity contribution in [3.63, 3.8) is 0 Å². The quantitative estimate of drug-likeness (QED) is 0.747. The van der Waals surface area contributed by atoms with Crippen LogP contribution in [0.25, 0.3) is 0 Å². The fourth-order valence-electron chi connectivity index (χ4n) is 3.24. The lowest BCUT2D eigenvalue weighted by Gasteiger charge is -2.28. The molecule has 0 atom stereocenters. The molecule has 0 saturated heterocycles. The van der Waals surface area contributed by atoms with Crippen molar-refractivity contribution in [2.75, 3.05) is 0 Å². The molecule has 20 heavy (non-hydrogen) atoms. The molecule has 0 N–H and O–H groups in total. The number of benzene rings is 1. The first kappa shape index (κ1) is 14.0. The van der Waals surface area contributed by atoms with E-state index in [1.54, 1.807) is 11.3 Å². The largest absolute Gasteiger partial charge is 0.298 e. The maximum absolute atomic E-state index is 12.9. The summed E-state index contributed by atoms with van der Waals surface area (Å²) < 4.78 is 1.07. The molecule has 1 aromatic heterocycles. The molecule has 1 saturated carbocycles. The third-order valence-electron chi connectivity index (χ3n) is 4.27. The summed E-state index contributed by atoms with van der Waals surface area (Å²) >= 11 is 5.13. The summed E-state index contributed by atoms with van der Waals surface area (Å²) in [5.74, 6) is 0.385. The molecule has 3 rings (SSSR count). The summed E-state index contributed by atoms with van der Waals surface area (Å²) in [6, 6.07) is 12.4. The predicted molar refractivity (Wildman–Crippen MR) is 87.3 cm³/mol. The molecule has 104 valence electrons. The van der Waals surface area contributed by atoms with Gasteiger partial charge in [0.25, 0.3) is 0 Å². The predicted octanol–water partition coefficient (Wildman–Crippen LogP) is 5.13. The summed E-state index contributed by atoms with van der Waals surface area (Å²) in [7, 11) is 0. The van der Waals surface area contributed by atoms with Gasteiger partial charge in [-0.1, -0.05) is 43.2 Å². The molecule has 1 fully saturated rings. The van der Waals surface area contributed by atoms with Crippen LogP contribution in [0.3, 0.4) is 0 Å². The molecular formula is C17H17BrOS. The van der Waals surface area contributed by atoms with Crippen molar-refractivity contribution in [2.45, 2.75) is 37.5 Å². The average Bonchev–Trinajstić information content (AvgIpc) is 3.10. The molecule has 1 nitrogen and oxygen atoms in total. The second-order valence-electron chi connectivity index (χ2n) is 5.49. The van der Waals surface area contributed by atoms with Crippen molar-refractivity contribution >= 4 is 33.0 Å². The van der Waals surface area contributed by atoms with E-state index in [4.69, 9.17) is 0 Å². The van der Waals surface area contributed by atoms with Crippen LogP contribution >= 0.6 is 27.3 Å². The Kier molecular flexibility index (Phi) is 4.08. The van der Waals surface area contributed by atoms with E-state index in [0.717, 1.165) is 35.0 Å². The summed E-state index contributed by atoms with van der Waals surface area (Å²) in [5, 5.41) is 2.05. The van der Waals surface area contributed by atoms with E-state index in [9.17, 15) is 4.79 Å². The molecule has 0 amide bonds. The first-order valence-electron chi connectivity index (χ1n) is 7.02. The minimum Gasteiger partial charge on any atom is -0.298 e. The van der Waals surface area contributed by atoms with Gasteiger partial charge >= 0.3 is 0 Å². The summed E-state index contributed by atoms with van der Waals surface area (Å²) in [5.41, 5.74) is 0.968. The van der Waals surface area contributed by atoms with Gasteiger partial charge in [-0.2, -0.15) is 0 Å². The van der Waals surface area contributed by atoms with Crippen molar-refractivity contribution < 1.29 is 4.79 Å². The Balaban J connectivity index is 1.89. The van der Waals surface area contributed by atoms with Gasteiger partial charge in [-0.25, -0.2) is 0 Å². The molecular weight excluding hydrogens is 332 g/mol. The Labute approximate surface area is 132 Å². The number of thiophene rings is 1. The Hall–Kier alpha value is -0.930. The van der Waals surface area contributed by atoms with Crippen LogP contribution in [0, 0.1) is 0 Å². The SMILES string of the molecule is O=C(Cc1cc(Br)cs1)C1(c2ccccc2)CCCC1. The zero-order chi connectivity index (χ0) is 14.0. The number of ketones is 1. The number of carbonyl (C=O) groups is 1. The van der Waals surface area contributed by atoms with Gasteiger partial charge in [0.05, 0.1) is 5.41 Å². The molecule has 0 radical (unpaired) electrons. The van der Waals surface area contributed by atoms with E-state index >= 15 is 0 Å². The van der Waals surface area contributed by atoms with Gasteiger partial charge in [-0.15, -0.1) is 11.3 Å². The van der Waals surface area contributed by atoms with E-state index in [0.29, 0.717) is 12.2 Å². The fourth-order valence-corrected chi connectivity index (χ4v) is 4.69. The van der Waals surface area contributed by atoms with E-state index in [1.807, 2.05) is 23.6 Å². The zero-order valence-corrected chi connectivity index (χ0v) is 13.7. The van der Waals surface area contributed by atoms with E-state index in [2.05, 4.69) is 34.1 Å². The van der Waals surface area contributed by atoms with Crippen LogP contribution < -0.4 is 0 Å². The van der Waals surface area contributed by atoms with Crippen LogP contribution in [0.1, 0.15) is 36.1 Å². The lowest BCUT2D eigenvalue weighted by Crippen LogP contribution is -2.34. The standard InChI is InChI=1S/C17H17BrOS/c18-14-10-15(20-12-14)11-16(19)17(8-4-5-9-17)13-6-2-1-3-7-13/h1-3,6-7,10,12H,4-5,8-9,11H2. The van der Waals surface area contributed by atoms with Gasteiger partial charge in [-0.3, -0.25) is 4.79 Å². The number of rotatable bonds is 4. The van der Waals surface area contributed by atoms with E-state index in [-0.39, 0.29) is 5.41 Å². The normalized spacial score (nSPS) is 17.2. The van der Waals surface area contributed by atoms with Gasteiger partial charge in [0.15, 0.2) is 0 Å². The molecule has 0 spiro atoms. The average molecular weight is 349 g/mol. The number of hydrogen-bond acceptors (Lipinski definition) is 2. The third-order valence-corrected chi connectivity index (χ3v) is 5.97. The van der Waals surface area contributed by atoms with Gasteiger partial charge in [0, 0.05) is 21.2 Å². The van der Waals surface area contributed by atoms with Gasteiger partial charge in [-0.05, 0) is 40.4 Å². The summed E-state index contributed by atoms with van der Waals surface area (Å²) in [6.45, 7) is 0. The second-order valence-corrected chi connectivity index (χ2v) is 7.40. The number of halogens is 1. The second kappa shape index (κ2) is 5.82. The summed E-state index contributed by atoms with van der Waals surface area (Å²) in [6.07, 6.45) is 4.89. The molecule has 1 heterocycles. The van der Waals surface area contributed by atoms with E-state index < -0.39 is 0 Å². The highest BCUT2D eigenvalue weighted by Gasteiger charge is 2.41. The van der Waals surface area contributed by atoms with Crippen molar-refractivity contribution in [1.82, 2.24) is 0 Å². The number of Topliss-reactive ketones (excluding diaryl/α,β-unsaturated/α-hetero) is 1. The van der Waals surface area contributed by atoms with Crippen LogP contribution in [-0.2, 0) is 16.6 Å². The van der Waals surface area contributed by atoms with Gasteiger partial charge in [0.1, 0.15) is 5.78 Å². The van der Waals surface area contributed by atoms with Crippen LogP contribution in [0.5, 0.6) is 0 Å². The topological polar surface area (TPSA) is 17.1 Å². The smallest absolute Gasteiger partial charge is 0.148 e. The third kappa shape index (κ3) is 2.61. The highest BCUT2D eigenvalue weighted by atomic mass is 79.9. The highest BCUT2D eigenvalue weighted by Crippen LogP contribution is 2.42. The molecule has 1 aromatic carbocycles. The Morgan fingerprint density at radius 3 is 2.50 bits per heavy atom. The van der Waals surface area contributed by atoms with Crippen LogP contribution in [0.15, 0.2) is 46.3 Å².